The Labute approximate surface area is 164 Å². The number of anilines is 1. The first-order valence-electron chi connectivity index (χ1n) is 9.89. The van der Waals surface area contributed by atoms with Crippen molar-refractivity contribution in [2.75, 3.05) is 18.6 Å². The lowest BCUT2D eigenvalue weighted by Gasteiger charge is -2.35. The van der Waals surface area contributed by atoms with Gasteiger partial charge in [-0.1, -0.05) is 43.3 Å². The number of amides is 2. The van der Waals surface area contributed by atoms with Gasteiger partial charge in [-0.25, -0.2) is 0 Å². The van der Waals surface area contributed by atoms with E-state index in [0.717, 1.165) is 29.7 Å². The Kier molecular flexibility index (Phi) is 3.76. The SMILES string of the molecule is COc1ccc(-c2ccccc2)cc1N1C(=O)[C@@H]2C[C@H]1CN2C(=O)C1(C)CC1. The molecule has 1 aliphatic carbocycles. The monoisotopic (exact) mass is 376 g/mol. The van der Waals surface area contributed by atoms with Crippen LogP contribution in [0.2, 0.25) is 0 Å². The van der Waals surface area contributed by atoms with Crippen molar-refractivity contribution in [3.63, 3.8) is 0 Å². The Balaban J connectivity index is 1.47. The van der Waals surface area contributed by atoms with E-state index in [1.165, 1.54) is 0 Å². The zero-order valence-corrected chi connectivity index (χ0v) is 16.2. The Morgan fingerprint density at radius 1 is 1.11 bits per heavy atom. The minimum Gasteiger partial charge on any atom is -0.495 e. The molecule has 2 aromatic rings. The molecule has 5 nitrogen and oxygen atoms in total. The summed E-state index contributed by atoms with van der Waals surface area (Å²) in [5.41, 5.74) is 2.71. The first-order valence-corrected chi connectivity index (χ1v) is 9.89. The first kappa shape index (κ1) is 17.3. The number of ether oxygens (including phenoxy) is 1. The summed E-state index contributed by atoms with van der Waals surface area (Å²) in [4.78, 5) is 29.7. The van der Waals surface area contributed by atoms with Crippen LogP contribution in [0.4, 0.5) is 5.69 Å². The zero-order valence-electron chi connectivity index (χ0n) is 16.2. The van der Waals surface area contributed by atoms with Gasteiger partial charge in [-0.2, -0.15) is 0 Å². The smallest absolute Gasteiger partial charge is 0.250 e. The number of methoxy groups -OCH3 is 1. The molecule has 2 aliphatic heterocycles. The Bertz CT molecular complexity index is 952. The third-order valence-corrected chi connectivity index (χ3v) is 6.49. The van der Waals surface area contributed by atoms with E-state index in [1.807, 2.05) is 53.1 Å². The van der Waals surface area contributed by atoms with E-state index < -0.39 is 0 Å². The molecule has 3 aliphatic rings. The molecule has 2 amide bonds. The highest BCUT2D eigenvalue weighted by Gasteiger charge is 2.57. The van der Waals surface area contributed by atoms with Gasteiger partial charge < -0.3 is 14.5 Å². The number of hydrogen-bond donors (Lipinski definition) is 0. The molecule has 2 saturated heterocycles. The molecule has 2 atom stereocenters. The van der Waals surface area contributed by atoms with Gasteiger partial charge in [0.05, 0.1) is 18.8 Å². The number of benzene rings is 2. The standard InChI is InChI=1S/C23H24N2O3/c1-23(10-11-23)22(27)24-14-17-13-19(24)21(26)25(17)18-12-16(8-9-20(18)28-2)15-6-4-3-5-7-15/h3-9,12,17,19H,10-11,13-14H2,1-2H3/t17-,19-/m0/s1. The molecule has 1 saturated carbocycles. The van der Waals surface area contributed by atoms with Crippen LogP contribution in [0.1, 0.15) is 26.2 Å². The highest BCUT2D eigenvalue weighted by Crippen LogP contribution is 2.49. The van der Waals surface area contributed by atoms with Gasteiger partial charge in [0, 0.05) is 12.0 Å². The molecule has 5 heteroatoms. The van der Waals surface area contributed by atoms with Crippen LogP contribution >= 0.6 is 0 Å². The first-order chi connectivity index (χ1) is 13.5. The van der Waals surface area contributed by atoms with Crippen molar-refractivity contribution < 1.29 is 14.3 Å². The van der Waals surface area contributed by atoms with Crippen molar-refractivity contribution in [2.45, 2.75) is 38.3 Å². The third-order valence-electron chi connectivity index (χ3n) is 6.49. The third kappa shape index (κ3) is 2.53. The van der Waals surface area contributed by atoms with Crippen LogP contribution in [-0.4, -0.2) is 42.5 Å². The number of nitrogens with zero attached hydrogens (tertiary/aromatic N) is 2. The molecule has 0 spiro atoms. The van der Waals surface area contributed by atoms with Crippen molar-refractivity contribution in [3.05, 3.63) is 48.5 Å². The summed E-state index contributed by atoms with van der Waals surface area (Å²) >= 11 is 0. The lowest BCUT2D eigenvalue weighted by Crippen LogP contribution is -2.54. The van der Waals surface area contributed by atoms with Crippen LogP contribution in [0, 0.1) is 5.41 Å². The van der Waals surface area contributed by atoms with E-state index in [-0.39, 0.29) is 29.3 Å². The summed E-state index contributed by atoms with van der Waals surface area (Å²) in [6.45, 7) is 2.62. The van der Waals surface area contributed by atoms with Gasteiger partial charge in [-0.3, -0.25) is 9.59 Å². The van der Waals surface area contributed by atoms with E-state index in [0.29, 0.717) is 18.7 Å². The minimum absolute atomic E-state index is 0.0114. The maximum Gasteiger partial charge on any atom is 0.250 e. The molecule has 144 valence electrons. The molecule has 0 unspecified atom stereocenters. The lowest BCUT2D eigenvalue weighted by molar-refractivity contribution is -0.142. The van der Waals surface area contributed by atoms with E-state index in [4.69, 9.17) is 4.74 Å². The van der Waals surface area contributed by atoms with E-state index >= 15 is 0 Å². The topological polar surface area (TPSA) is 49.9 Å². The van der Waals surface area contributed by atoms with Crippen molar-refractivity contribution in [1.82, 2.24) is 4.90 Å². The largest absolute Gasteiger partial charge is 0.495 e. The highest BCUT2D eigenvalue weighted by molar-refractivity contribution is 6.05. The molecule has 28 heavy (non-hydrogen) atoms. The summed E-state index contributed by atoms with van der Waals surface area (Å²) in [6.07, 6.45) is 2.58. The molecular weight excluding hydrogens is 352 g/mol. The van der Waals surface area contributed by atoms with Gasteiger partial charge >= 0.3 is 0 Å². The summed E-state index contributed by atoms with van der Waals surface area (Å²) in [7, 11) is 1.63. The quantitative estimate of drug-likeness (QED) is 0.821. The van der Waals surface area contributed by atoms with Crippen LogP contribution in [0.3, 0.4) is 0 Å². The molecular formula is C23H24N2O3. The maximum absolute atomic E-state index is 13.2. The summed E-state index contributed by atoms with van der Waals surface area (Å²) in [6, 6.07) is 15.8. The Morgan fingerprint density at radius 3 is 2.50 bits per heavy atom. The van der Waals surface area contributed by atoms with Crippen molar-refractivity contribution in [2.24, 2.45) is 5.41 Å². The molecule has 5 rings (SSSR count). The van der Waals surface area contributed by atoms with Gasteiger partial charge in [0.1, 0.15) is 11.8 Å². The van der Waals surface area contributed by atoms with Crippen molar-refractivity contribution in [3.8, 4) is 16.9 Å². The summed E-state index contributed by atoms with van der Waals surface area (Å²) < 4.78 is 5.57. The lowest BCUT2D eigenvalue weighted by atomic mass is 10.0. The second-order valence-corrected chi connectivity index (χ2v) is 8.38. The number of rotatable bonds is 4. The molecule has 0 N–H and O–H groups in total. The van der Waals surface area contributed by atoms with Gasteiger partial charge in [-0.05, 0) is 42.5 Å². The maximum atomic E-state index is 13.2. The molecule has 0 aromatic heterocycles. The van der Waals surface area contributed by atoms with Crippen molar-refractivity contribution in [1.29, 1.82) is 0 Å². The average Bonchev–Trinajstić information content (AvgIpc) is 3.21. The average molecular weight is 376 g/mol. The summed E-state index contributed by atoms with van der Waals surface area (Å²) in [5, 5.41) is 0. The number of carbonyl (C=O) groups excluding carboxylic acids is 2. The zero-order chi connectivity index (χ0) is 19.5. The fourth-order valence-electron chi connectivity index (χ4n) is 4.55. The van der Waals surface area contributed by atoms with Crippen LogP contribution in [-0.2, 0) is 9.59 Å². The fraction of sp³-hybridized carbons (Fsp3) is 0.391. The number of hydrogen-bond acceptors (Lipinski definition) is 3. The predicted octanol–water partition coefficient (Wildman–Crippen LogP) is 3.48. The Morgan fingerprint density at radius 2 is 1.86 bits per heavy atom. The molecule has 2 aromatic carbocycles. The van der Waals surface area contributed by atoms with Gasteiger partial charge in [0.2, 0.25) is 11.8 Å². The van der Waals surface area contributed by atoms with Crippen molar-refractivity contribution >= 4 is 17.5 Å². The molecule has 3 fully saturated rings. The number of carbonyl (C=O) groups is 2. The van der Waals surface area contributed by atoms with E-state index in [9.17, 15) is 9.59 Å². The van der Waals surface area contributed by atoms with Gasteiger partial charge in [-0.15, -0.1) is 0 Å². The summed E-state index contributed by atoms with van der Waals surface area (Å²) in [5.74, 6) is 0.850. The van der Waals surface area contributed by atoms with Crippen LogP contribution in [0.15, 0.2) is 48.5 Å². The van der Waals surface area contributed by atoms with E-state index in [1.54, 1.807) is 7.11 Å². The predicted molar refractivity (Wildman–Crippen MR) is 107 cm³/mol. The van der Waals surface area contributed by atoms with Crippen LogP contribution < -0.4 is 9.64 Å². The Hall–Kier alpha value is -2.82. The van der Waals surface area contributed by atoms with Crippen LogP contribution in [0.25, 0.3) is 11.1 Å². The minimum atomic E-state index is -0.333. The highest BCUT2D eigenvalue weighted by atomic mass is 16.5. The molecule has 2 heterocycles. The second-order valence-electron chi connectivity index (χ2n) is 8.38. The molecule has 2 bridgehead atoms. The number of likely N-dealkylation sites (tertiary alicyclic amines) is 1. The molecule has 0 radical (unpaired) electrons. The van der Waals surface area contributed by atoms with Crippen LogP contribution in [0.5, 0.6) is 5.75 Å². The van der Waals surface area contributed by atoms with Gasteiger partial charge in [0.15, 0.2) is 0 Å². The number of fused-ring (bicyclic) bond motifs is 2. The number of piperazine rings is 1. The van der Waals surface area contributed by atoms with E-state index in [2.05, 4.69) is 12.1 Å². The fourth-order valence-corrected chi connectivity index (χ4v) is 4.55. The normalized spacial score (nSPS) is 24.6. The van der Waals surface area contributed by atoms with Gasteiger partial charge in [0.25, 0.3) is 0 Å². The second kappa shape index (κ2) is 6.09.